The molecule has 0 radical (unpaired) electrons. The highest BCUT2D eigenvalue weighted by molar-refractivity contribution is 7.89. The molecular formula is C22H26ClN3O4S. The van der Waals surface area contributed by atoms with Gasteiger partial charge in [-0.3, -0.25) is 9.59 Å². The summed E-state index contributed by atoms with van der Waals surface area (Å²) in [5.74, 6) is -1.15. The zero-order valence-electron chi connectivity index (χ0n) is 17.3. The third kappa shape index (κ3) is 6.06. The first-order valence-corrected chi connectivity index (χ1v) is 12.0. The lowest BCUT2D eigenvalue weighted by Gasteiger charge is -2.31. The smallest absolute Gasteiger partial charge is 0.243 e. The lowest BCUT2D eigenvalue weighted by molar-refractivity contribution is -0.131. The number of hydrogen-bond donors (Lipinski definition) is 2. The topological polar surface area (TPSA) is 95.6 Å². The van der Waals surface area contributed by atoms with E-state index in [1.165, 1.54) is 4.31 Å². The summed E-state index contributed by atoms with van der Waals surface area (Å²) in [5.41, 5.74) is 0.855. The predicted molar refractivity (Wildman–Crippen MR) is 119 cm³/mol. The number of hydrogen-bond acceptors (Lipinski definition) is 4. The van der Waals surface area contributed by atoms with Crippen LogP contribution in [0.4, 0.5) is 0 Å². The van der Waals surface area contributed by atoms with Gasteiger partial charge in [-0.1, -0.05) is 41.9 Å². The summed E-state index contributed by atoms with van der Waals surface area (Å²) in [4.78, 5) is 25.3. The summed E-state index contributed by atoms with van der Waals surface area (Å²) in [6.07, 6.45) is 1.16. The molecule has 1 heterocycles. The van der Waals surface area contributed by atoms with Crippen LogP contribution in [0.3, 0.4) is 0 Å². The van der Waals surface area contributed by atoms with Crippen LogP contribution in [0.25, 0.3) is 0 Å². The van der Waals surface area contributed by atoms with Crippen molar-refractivity contribution in [3.05, 3.63) is 65.2 Å². The van der Waals surface area contributed by atoms with Gasteiger partial charge in [-0.25, -0.2) is 8.42 Å². The normalized spacial score (nSPS) is 18.2. The fraction of sp³-hybridized carbons (Fsp3) is 0.364. The van der Waals surface area contributed by atoms with E-state index >= 15 is 0 Å². The largest absolute Gasteiger partial charge is 0.350 e. The minimum absolute atomic E-state index is 0.0971. The number of sulfonamides is 1. The Morgan fingerprint density at radius 3 is 2.61 bits per heavy atom. The molecule has 2 unspecified atom stereocenters. The van der Waals surface area contributed by atoms with Gasteiger partial charge in [0.05, 0.1) is 10.8 Å². The molecule has 2 N–H and O–H groups in total. The fourth-order valence-electron chi connectivity index (χ4n) is 3.50. The van der Waals surface area contributed by atoms with Crippen LogP contribution in [-0.4, -0.2) is 43.7 Å². The standard InChI is InChI=1S/C22H26ClN3O4S/c1-16(21(27)24-14-17-7-5-9-19(23)13-17)25-22(28)18-8-6-12-26(15-18)31(29,30)20-10-3-2-4-11-20/h2-5,7,9-11,13,16,18H,6,8,12,14-15H2,1H3,(H,24,27)(H,25,28). The summed E-state index contributed by atoms with van der Waals surface area (Å²) in [6.45, 7) is 2.37. The average Bonchev–Trinajstić information content (AvgIpc) is 2.78. The Morgan fingerprint density at radius 1 is 1.16 bits per heavy atom. The molecule has 0 aromatic heterocycles. The van der Waals surface area contributed by atoms with Gasteiger partial charge in [-0.2, -0.15) is 4.31 Å². The molecule has 9 heteroatoms. The van der Waals surface area contributed by atoms with Crippen molar-refractivity contribution in [1.82, 2.24) is 14.9 Å². The van der Waals surface area contributed by atoms with E-state index in [-0.39, 0.29) is 23.3 Å². The van der Waals surface area contributed by atoms with Crippen LogP contribution < -0.4 is 10.6 Å². The second kappa shape index (κ2) is 10.3. The van der Waals surface area contributed by atoms with Crippen molar-refractivity contribution in [2.75, 3.05) is 13.1 Å². The highest BCUT2D eigenvalue weighted by Crippen LogP contribution is 2.24. The van der Waals surface area contributed by atoms with Crippen LogP contribution in [-0.2, 0) is 26.2 Å². The maximum Gasteiger partial charge on any atom is 0.243 e. The molecule has 2 aromatic carbocycles. The molecule has 1 fully saturated rings. The van der Waals surface area contributed by atoms with E-state index in [0.29, 0.717) is 31.0 Å². The van der Waals surface area contributed by atoms with Crippen molar-refractivity contribution in [2.45, 2.75) is 37.2 Å². The molecule has 2 atom stereocenters. The van der Waals surface area contributed by atoms with Crippen molar-refractivity contribution < 1.29 is 18.0 Å². The second-order valence-electron chi connectivity index (χ2n) is 7.59. The van der Waals surface area contributed by atoms with Crippen LogP contribution in [0.15, 0.2) is 59.5 Å². The Balaban J connectivity index is 1.55. The van der Waals surface area contributed by atoms with E-state index in [9.17, 15) is 18.0 Å². The zero-order chi connectivity index (χ0) is 22.4. The number of piperidine rings is 1. The van der Waals surface area contributed by atoms with Crippen LogP contribution in [0, 0.1) is 5.92 Å². The average molecular weight is 464 g/mol. The summed E-state index contributed by atoms with van der Waals surface area (Å²) in [5, 5.41) is 6.06. The zero-order valence-corrected chi connectivity index (χ0v) is 18.8. The van der Waals surface area contributed by atoms with Crippen molar-refractivity contribution in [3.63, 3.8) is 0 Å². The number of benzene rings is 2. The third-order valence-electron chi connectivity index (χ3n) is 5.24. The van der Waals surface area contributed by atoms with Gasteiger partial charge in [0, 0.05) is 24.7 Å². The fourth-order valence-corrected chi connectivity index (χ4v) is 5.26. The first-order chi connectivity index (χ1) is 14.8. The number of carbonyl (C=O) groups is 2. The van der Waals surface area contributed by atoms with Crippen molar-refractivity contribution in [3.8, 4) is 0 Å². The van der Waals surface area contributed by atoms with Gasteiger partial charge in [0.1, 0.15) is 6.04 Å². The minimum atomic E-state index is -3.65. The molecule has 2 aromatic rings. The highest BCUT2D eigenvalue weighted by atomic mass is 35.5. The van der Waals surface area contributed by atoms with Gasteiger partial charge in [-0.05, 0) is 49.6 Å². The molecule has 0 aliphatic carbocycles. The summed E-state index contributed by atoms with van der Waals surface area (Å²) in [7, 11) is -3.65. The second-order valence-corrected chi connectivity index (χ2v) is 9.97. The monoisotopic (exact) mass is 463 g/mol. The van der Waals surface area contributed by atoms with E-state index in [1.807, 2.05) is 6.07 Å². The van der Waals surface area contributed by atoms with Gasteiger partial charge >= 0.3 is 0 Å². The molecule has 7 nitrogen and oxygen atoms in total. The van der Waals surface area contributed by atoms with Crippen LogP contribution in [0.5, 0.6) is 0 Å². The number of carbonyl (C=O) groups excluding carboxylic acids is 2. The van der Waals surface area contributed by atoms with Gasteiger partial charge in [0.15, 0.2) is 0 Å². The Bertz CT molecular complexity index is 1030. The minimum Gasteiger partial charge on any atom is -0.350 e. The van der Waals surface area contributed by atoms with E-state index in [2.05, 4.69) is 10.6 Å². The van der Waals surface area contributed by atoms with E-state index in [1.54, 1.807) is 55.5 Å². The maximum absolute atomic E-state index is 12.9. The van der Waals surface area contributed by atoms with Crippen molar-refractivity contribution in [1.29, 1.82) is 0 Å². The van der Waals surface area contributed by atoms with Gasteiger partial charge in [0.25, 0.3) is 0 Å². The first kappa shape index (κ1) is 23.2. The lowest BCUT2D eigenvalue weighted by Crippen LogP contribution is -2.50. The Morgan fingerprint density at radius 2 is 1.90 bits per heavy atom. The van der Waals surface area contributed by atoms with Crippen molar-refractivity contribution >= 4 is 33.4 Å². The molecule has 0 saturated carbocycles. The van der Waals surface area contributed by atoms with Gasteiger partial charge < -0.3 is 10.6 Å². The number of nitrogens with zero attached hydrogens (tertiary/aromatic N) is 1. The molecule has 0 spiro atoms. The van der Waals surface area contributed by atoms with Crippen LogP contribution in [0.1, 0.15) is 25.3 Å². The SMILES string of the molecule is CC(NC(=O)C1CCCN(S(=O)(=O)c2ccccc2)C1)C(=O)NCc1cccc(Cl)c1. The Labute approximate surface area is 187 Å². The van der Waals surface area contributed by atoms with E-state index in [4.69, 9.17) is 11.6 Å². The molecule has 166 valence electrons. The Kier molecular flexibility index (Phi) is 7.69. The van der Waals surface area contributed by atoms with E-state index < -0.39 is 22.0 Å². The first-order valence-electron chi connectivity index (χ1n) is 10.1. The molecule has 31 heavy (non-hydrogen) atoms. The van der Waals surface area contributed by atoms with E-state index in [0.717, 1.165) is 5.56 Å². The number of amides is 2. The predicted octanol–water partition coefficient (Wildman–Crippen LogP) is 2.56. The lowest BCUT2D eigenvalue weighted by atomic mass is 9.98. The van der Waals surface area contributed by atoms with Gasteiger partial charge in [0.2, 0.25) is 21.8 Å². The number of halogens is 1. The van der Waals surface area contributed by atoms with Crippen molar-refractivity contribution in [2.24, 2.45) is 5.92 Å². The summed E-state index contributed by atoms with van der Waals surface area (Å²) < 4.78 is 27.0. The summed E-state index contributed by atoms with van der Waals surface area (Å²) in [6, 6.07) is 14.6. The van der Waals surface area contributed by atoms with Crippen LogP contribution >= 0.6 is 11.6 Å². The molecule has 1 aliphatic rings. The molecule has 1 aliphatic heterocycles. The highest BCUT2D eigenvalue weighted by Gasteiger charge is 2.34. The van der Waals surface area contributed by atoms with Crippen LogP contribution in [0.2, 0.25) is 5.02 Å². The molecule has 3 rings (SSSR count). The molecule has 1 saturated heterocycles. The van der Waals surface area contributed by atoms with Gasteiger partial charge in [-0.15, -0.1) is 0 Å². The number of rotatable bonds is 7. The Hall–Kier alpha value is -2.42. The third-order valence-corrected chi connectivity index (χ3v) is 7.36. The summed E-state index contributed by atoms with van der Waals surface area (Å²) >= 11 is 5.94. The molecule has 0 bridgehead atoms. The maximum atomic E-state index is 12.9. The quantitative estimate of drug-likeness (QED) is 0.659. The molecule has 2 amide bonds. The number of nitrogens with one attached hydrogen (secondary N) is 2. The molecular weight excluding hydrogens is 438 g/mol.